The van der Waals surface area contributed by atoms with Gasteiger partial charge in [-0.1, -0.05) is 19.3 Å². The summed E-state index contributed by atoms with van der Waals surface area (Å²) in [6.07, 6.45) is 0.252. The third-order valence-corrected chi connectivity index (χ3v) is 5.27. The number of rotatable bonds is 3. The fourth-order valence-electron chi connectivity index (χ4n) is 4.05. The highest BCUT2D eigenvalue weighted by atomic mass is 19.4. The van der Waals surface area contributed by atoms with Crippen LogP contribution in [-0.4, -0.2) is 36.6 Å². The first-order chi connectivity index (χ1) is 9.86. The molecule has 2 aliphatic rings. The summed E-state index contributed by atoms with van der Waals surface area (Å²) in [4.78, 5) is 14.2. The molecule has 2 fully saturated rings. The van der Waals surface area contributed by atoms with Gasteiger partial charge in [0.2, 0.25) is 5.91 Å². The fraction of sp³-hybridized carbons (Fsp3) is 0.933. The fourth-order valence-corrected chi connectivity index (χ4v) is 4.05. The normalized spacial score (nSPS) is 34.0. The summed E-state index contributed by atoms with van der Waals surface area (Å²) in [6, 6.07) is 0.0123. The smallest absolute Gasteiger partial charge is 0.342 e. The maximum Gasteiger partial charge on any atom is 0.392 e. The highest BCUT2D eigenvalue weighted by Crippen LogP contribution is 2.43. The minimum Gasteiger partial charge on any atom is -0.342 e. The van der Waals surface area contributed by atoms with E-state index in [1.165, 1.54) is 0 Å². The van der Waals surface area contributed by atoms with E-state index in [1.807, 2.05) is 0 Å². The lowest BCUT2D eigenvalue weighted by molar-refractivity contribution is -0.201. The van der Waals surface area contributed by atoms with E-state index in [9.17, 15) is 18.0 Å². The Labute approximate surface area is 124 Å². The Kier molecular flexibility index (Phi) is 5.17. The highest BCUT2D eigenvalue weighted by molar-refractivity contribution is 5.79. The number of halogens is 3. The van der Waals surface area contributed by atoms with E-state index in [0.717, 1.165) is 19.3 Å². The second-order valence-electron chi connectivity index (χ2n) is 6.48. The molecule has 4 unspecified atom stereocenters. The predicted molar refractivity (Wildman–Crippen MR) is 74.5 cm³/mol. The lowest BCUT2D eigenvalue weighted by Gasteiger charge is -2.37. The van der Waals surface area contributed by atoms with Gasteiger partial charge in [-0.15, -0.1) is 0 Å². The van der Waals surface area contributed by atoms with Gasteiger partial charge in [-0.3, -0.25) is 4.79 Å². The van der Waals surface area contributed by atoms with Gasteiger partial charge in [-0.2, -0.15) is 13.2 Å². The molecule has 0 aromatic carbocycles. The number of hydrogen-bond acceptors (Lipinski definition) is 2. The molecule has 122 valence electrons. The highest BCUT2D eigenvalue weighted by Gasteiger charge is 2.49. The van der Waals surface area contributed by atoms with Crippen LogP contribution in [0.4, 0.5) is 13.2 Å². The van der Waals surface area contributed by atoms with Gasteiger partial charge in [0, 0.05) is 19.0 Å². The number of amides is 1. The zero-order valence-corrected chi connectivity index (χ0v) is 12.5. The molecule has 2 aliphatic carbocycles. The average molecular weight is 306 g/mol. The molecular formula is C15H25F3N2O. The molecule has 1 amide bonds. The van der Waals surface area contributed by atoms with Gasteiger partial charge in [0.05, 0.1) is 5.92 Å². The molecule has 0 aromatic rings. The van der Waals surface area contributed by atoms with Crippen molar-refractivity contribution in [2.75, 3.05) is 13.6 Å². The predicted octanol–water partition coefficient (Wildman–Crippen LogP) is 2.94. The SMILES string of the molecule is CN(C(=O)C1CCCCC1C(F)(F)F)C1CCCC1CN. The van der Waals surface area contributed by atoms with Gasteiger partial charge in [0.25, 0.3) is 0 Å². The first-order valence-electron chi connectivity index (χ1n) is 7.89. The van der Waals surface area contributed by atoms with Gasteiger partial charge in [-0.05, 0) is 38.1 Å². The molecule has 2 rings (SSSR count). The molecule has 6 heteroatoms. The Balaban J connectivity index is 2.09. The van der Waals surface area contributed by atoms with Gasteiger partial charge >= 0.3 is 6.18 Å². The van der Waals surface area contributed by atoms with Crippen LogP contribution in [-0.2, 0) is 4.79 Å². The third kappa shape index (κ3) is 3.52. The van der Waals surface area contributed by atoms with Gasteiger partial charge in [0.1, 0.15) is 0 Å². The minimum atomic E-state index is -4.27. The van der Waals surface area contributed by atoms with Gasteiger partial charge < -0.3 is 10.6 Å². The van der Waals surface area contributed by atoms with Crippen LogP contribution in [0.3, 0.4) is 0 Å². The monoisotopic (exact) mass is 306 g/mol. The van der Waals surface area contributed by atoms with Crippen LogP contribution in [0.1, 0.15) is 44.9 Å². The topological polar surface area (TPSA) is 46.3 Å². The van der Waals surface area contributed by atoms with E-state index < -0.39 is 18.0 Å². The standard InChI is InChI=1S/C15H25F3N2O/c1-20(13-8-4-5-10(13)9-19)14(21)11-6-2-3-7-12(11)15(16,17)18/h10-13H,2-9,19H2,1H3. The summed E-state index contributed by atoms with van der Waals surface area (Å²) >= 11 is 0. The van der Waals surface area contributed by atoms with E-state index in [4.69, 9.17) is 5.73 Å². The zero-order chi connectivity index (χ0) is 15.6. The summed E-state index contributed by atoms with van der Waals surface area (Å²) in [5.41, 5.74) is 5.72. The molecule has 3 nitrogen and oxygen atoms in total. The number of carbonyl (C=O) groups is 1. The van der Waals surface area contributed by atoms with E-state index >= 15 is 0 Å². The molecule has 0 aliphatic heterocycles. The van der Waals surface area contributed by atoms with Crippen LogP contribution in [0.25, 0.3) is 0 Å². The van der Waals surface area contributed by atoms with Gasteiger partial charge in [0.15, 0.2) is 0 Å². The minimum absolute atomic E-state index is 0.0123. The van der Waals surface area contributed by atoms with Crippen molar-refractivity contribution in [2.24, 2.45) is 23.5 Å². The Morgan fingerprint density at radius 2 is 1.81 bits per heavy atom. The molecule has 0 radical (unpaired) electrons. The maximum atomic E-state index is 13.1. The summed E-state index contributed by atoms with van der Waals surface area (Å²) in [5, 5.41) is 0. The number of hydrogen-bond donors (Lipinski definition) is 1. The molecule has 0 aromatic heterocycles. The molecule has 0 spiro atoms. The Morgan fingerprint density at radius 3 is 2.43 bits per heavy atom. The van der Waals surface area contributed by atoms with Crippen LogP contribution in [0.2, 0.25) is 0 Å². The lowest BCUT2D eigenvalue weighted by Crippen LogP contribution is -2.48. The second-order valence-corrected chi connectivity index (χ2v) is 6.48. The van der Waals surface area contributed by atoms with E-state index in [2.05, 4.69) is 0 Å². The van der Waals surface area contributed by atoms with Crippen molar-refractivity contribution in [1.82, 2.24) is 4.90 Å². The Morgan fingerprint density at radius 1 is 1.14 bits per heavy atom. The average Bonchev–Trinajstić information content (AvgIpc) is 2.93. The van der Waals surface area contributed by atoms with Crippen molar-refractivity contribution in [3.63, 3.8) is 0 Å². The molecule has 2 saturated carbocycles. The van der Waals surface area contributed by atoms with Crippen LogP contribution in [0, 0.1) is 17.8 Å². The van der Waals surface area contributed by atoms with Crippen molar-refractivity contribution in [3.8, 4) is 0 Å². The lowest BCUT2D eigenvalue weighted by atomic mass is 9.77. The van der Waals surface area contributed by atoms with Crippen molar-refractivity contribution in [2.45, 2.75) is 57.2 Å². The molecule has 0 heterocycles. The van der Waals surface area contributed by atoms with Crippen molar-refractivity contribution in [1.29, 1.82) is 0 Å². The van der Waals surface area contributed by atoms with Crippen molar-refractivity contribution in [3.05, 3.63) is 0 Å². The van der Waals surface area contributed by atoms with Crippen LogP contribution in [0.5, 0.6) is 0 Å². The molecule has 0 saturated heterocycles. The number of carbonyl (C=O) groups excluding carboxylic acids is 1. The van der Waals surface area contributed by atoms with E-state index in [1.54, 1.807) is 11.9 Å². The van der Waals surface area contributed by atoms with Crippen LogP contribution >= 0.6 is 0 Å². The van der Waals surface area contributed by atoms with Crippen LogP contribution < -0.4 is 5.73 Å². The first-order valence-corrected chi connectivity index (χ1v) is 7.89. The molecule has 0 bridgehead atoms. The number of alkyl halides is 3. The quantitative estimate of drug-likeness (QED) is 0.871. The number of nitrogens with zero attached hydrogens (tertiary/aromatic N) is 1. The van der Waals surface area contributed by atoms with E-state index in [0.29, 0.717) is 25.8 Å². The van der Waals surface area contributed by atoms with Crippen molar-refractivity contribution < 1.29 is 18.0 Å². The van der Waals surface area contributed by atoms with Crippen molar-refractivity contribution >= 4 is 5.91 Å². The molecule has 21 heavy (non-hydrogen) atoms. The molecule has 2 N–H and O–H groups in total. The molecule has 4 atom stereocenters. The summed E-state index contributed by atoms with van der Waals surface area (Å²) in [5.74, 6) is -2.48. The Bertz CT molecular complexity index is 372. The zero-order valence-electron chi connectivity index (χ0n) is 12.5. The van der Waals surface area contributed by atoms with E-state index in [-0.39, 0.29) is 24.3 Å². The number of nitrogens with two attached hydrogens (primary N) is 1. The largest absolute Gasteiger partial charge is 0.392 e. The Hall–Kier alpha value is -0.780. The second kappa shape index (κ2) is 6.55. The maximum absolute atomic E-state index is 13.1. The summed E-state index contributed by atoms with van der Waals surface area (Å²) in [6.45, 7) is 0.496. The van der Waals surface area contributed by atoms with Gasteiger partial charge in [-0.25, -0.2) is 0 Å². The first kappa shape index (κ1) is 16.6. The summed E-state index contributed by atoms with van der Waals surface area (Å²) < 4.78 is 39.4. The van der Waals surface area contributed by atoms with Crippen LogP contribution in [0.15, 0.2) is 0 Å². The summed E-state index contributed by atoms with van der Waals surface area (Å²) in [7, 11) is 1.66. The molecular weight excluding hydrogens is 281 g/mol. The third-order valence-electron chi connectivity index (χ3n) is 5.27.